The molecule has 36 heavy (non-hydrogen) atoms. The number of sulfonamides is 1. The van der Waals surface area contributed by atoms with Gasteiger partial charge in [0.25, 0.3) is 15.6 Å². The number of hydrogen-bond acceptors (Lipinski definition) is 4. The largest absolute Gasteiger partial charge is 0.318 e. The van der Waals surface area contributed by atoms with Crippen LogP contribution in [-0.2, 0) is 21.9 Å². The van der Waals surface area contributed by atoms with Crippen molar-refractivity contribution in [2.75, 3.05) is 16.2 Å². The molecule has 0 radical (unpaired) electrons. The number of aromatic nitrogens is 2. The van der Waals surface area contributed by atoms with E-state index in [4.69, 9.17) is 23.2 Å². The van der Waals surface area contributed by atoms with E-state index in [9.17, 15) is 18.0 Å². The van der Waals surface area contributed by atoms with Crippen LogP contribution in [0.15, 0.2) is 88.6 Å². The molecule has 1 N–H and O–H groups in total. The van der Waals surface area contributed by atoms with Crippen LogP contribution in [0.2, 0.25) is 10.0 Å². The summed E-state index contributed by atoms with van der Waals surface area (Å²) < 4.78 is 31.0. The van der Waals surface area contributed by atoms with Crippen molar-refractivity contribution in [1.29, 1.82) is 0 Å². The van der Waals surface area contributed by atoms with Gasteiger partial charge in [-0.2, -0.15) is 0 Å². The third-order valence-electron chi connectivity index (χ3n) is 5.64. The highest BCUT2D eigenvalue weighted by Crippen LogP contribution is 2.35. The molecule has 4 rings (SSSR count). The maximum atomic E-state index is 13.5. The maximum Gasteiger partial charge on any atom is 0.295 e. The Kier molecular flexibility index (Phi) is 7.26. The number of halogens is 2. The van der Waals surface area contributed by atoms with Crippen LogP contribution in [0.3, 0.4) is 0 Å². The number of anilines is 2. The number of carbonyl (C=O) groups excluding carboxylic acids is 1. The molecule has 186 valence electrons. The number of rotatable bonds is 7. The van der Waals surface area contributed by atoms with Crippen molar-refractivity contribution in [3.63, 3.8) is 0 Å². The van der Waals surface area contributed by atoms with Crippen LogP contribution in [0.5, 0.6) is 0 Å². The predicted octanol–water partition coefficient (Wildman–Crippen LogP) is 4.63. The van der Waals surface area contributed by atoms with Crippen molar-refractivity contribution < 1.29 is 13.2 Å². The van der Waals surface area contributed by atoms with Gasteiger partial charge in [-0.05, 0) is 43.3 Å². The summed E-state index contributed by atoms with van der Waals surface area (Å²) in [5, 5.41) is 2.70. The van der Waals surface area contributed by atoms with E-state index in [1.54, 1.807) is 61.1 Å². The zero-order valence-electron chi connectivity index (χ0n) is 19.4. The average Bonchev–Trinajstić information content (AvgIpc) is 3.08. The molecule has 1 aromatic heterocycles. The smallest absolute Gasteiger partial charge is 0.295 e. The Labute approximate surface area is 218 Å². The fourth-order valence-corrected chi connectivity index (χ4v) is 5.63. The molecule has 1 heterocycles. The van der Waals surface area contributed by atoms with E-state index in [0.29, 0.717) is 11.4 Å². The van der Waals surface area contributed by atoms with Crippen molar-refractivity contribution in [3.05, 3.63) is 105 Å². The minimum absolute atomic E-state index is 0.0196. The van der Waals surface area contributed by atoms with Crippen LogP contribution >= 0.6 is 23.2 Å². The molecule has 0 atom stereocenters. The van der Waals surface area contributed by atoms with Crippen LogP contribution in [0.4, 0.5) is 11.4 Å². The third kappa shape index (κ3) is 4.77. The summed E-state index contributed by atoms with van der Waals surface area (Å²) in [6, 6.07) is 21.1. The lowest BCUT2D eigenvalue weighted by molar-refractivity contribution is -0.114. The minimum atomic E-state index is -4.21. The van der Waals surface area contributed by atoms with E-state index < -0.39 is 28.0 Å². The second-order valence-electron chi connectivity index (χ2n) is 7.88. The lowest BCUT2D eigenvalue weighted by Crippen LogP contribution is -2.39. The van der Waals surface area contributed by atoms with Gasteiger partial charge < -0.3 is 5.32 Å². The summed E-state index contributed by atoms with van der Waals surface area (Å²) >= 11 is 12.5. The lowest BCUT2D eigenvalue weighted by atomic mass is 10.3. The van der Waals surface area contributed by atoms with Gasteiger partial charge in [-0.25, -0.2) is 13.1 Å². The molecule has 0 saturated heterocycles. The number of para-hydroxylation sites is 1. The number of benzene rings is 3. The van der Waals surface area contributed by atoms with Crippen LogP contribution < -0.4 is 15.2 Å². The van der Waals surface area contributed by atoms with Crippen molar-refractivity contribution in [2.45, 2.75) is 11.8 Å². The average molecular weight is 545 g/mol. The molecule has 0 bridgehead atoms. The minimum Gasteiger partial charge on any atom is -0.318 e. The summed E-state index contributed by atoms with van der Waals surface area (Å²) in [6.07, 6.45) is 0. The Hall–Kier alpha value is -3.53. The summed E-state index contributed by atoms with van der Waals surface area (Å²) in [6.45, 7) is 1.04. The molecule has 3 aromatic carbocycles. The monoisotopic (exact) mass is 544 g/mol. The quantitative estimate of drug-likeness (QED) is 0.367. The second kappa shape index (κ2) is 10.2. The number of amides is 1. The first kappa shape index (κ1) is 25.6. The number of nitrogens with zero attached hydrogens (tertiary/aromatic N) is 3. The fourth-order valence-electron chi connectivity index (χ4n) is 3.73. The van der Waals surface area contributed by atoms with Gasteiger partial charge in [0.2, 0.25) is 5.91 Å². The third-order valence-corrected chi connectivity index (χ3v) is 8.22. The van der Waals surface area contributed by atoms with Gasteiger partial charge in [-0.15, -0.1) is 0 Å². The molecule has 0 fully saturated rings. The highest BCUT2D eigenvalue weighted by Gasteiger charge is 2.30. The van der Waals surface area contributed by atoms with Crippen molar-refractivity contribution in [3.8, 4) is 5.69 Å². The van der Waals surface area contributed by atoms with E-state index in [-0.39, 0.29) is 26.3 Å². The lowest BCUT2D eigenvalue weighted by Gasteiger charge is -2.25. The van der Waals surface area contributed by atoms with Gasteiger partial charge in [0.05, 0.1) is 32.0 Å². The molecule has 0 aliphatic carbocycles. The first-order valence-corrected chi connectivity index (χ1v) is 13.0. The maximum absolute atomic E-state index is 13.5. The standard InChI is InChI=1S/C25H22Cl2N4O4S/c1-17-24(25(33)31(29(17)2)18-10-5-3-6-11-18)28-22(32)16-30(21-15-9-14-20(26)23(21)27)36(34,35)19-12-7-4-8-13-19/h3-15H,16H2,1-2H3,(H,28,32). The van der Waals surface area contributed by atoms with Gasteiger partial charge >= 0.3 is 0 Å². The van der Waals surface area contributed by atoms with E-state index >= 15 is 0 Å². The molecule has 0 saturated carbocycles. The number of hydrogen-bond donors (Lipinski definition) is 1. The molecule has 1 amide bonds. The van der Waals surface area contributed by atoms with E-state index in [1.807, 2.05) is 6.07 Å². The predicted molar refractivity (Wildman–Crippen MR) is 142 cm³/mol. The van der Waals surface area contributed by atoms with Gasteiger partial charge in [-0.1, -0.05) is 65.7 Å². The summed E-state index contributed by atoms with van der Waals surface area (Å²) in [5.74, 6) is -0.725. The molecule has 0 aliphatic heterocycles. The summed E-state index contributed by atoms with van der Waals surface area (Å²) in [4.78, 5) is 26.3. The Morgan fingerprint density at radius 1 is 0.944 bits per heavy atom. The Balaban J connectivity index is 1.72. The molecule has 8 nitrogen and oxygen atoms in total. The molecule has 11 heteroatoms. The summed E-state index contributed by atoms with van der Waals surface area (Å²) in [5.41, 5.74) is 0.742. The molecule has 4 aromatic rings. The number of nitrogens with one attached hydrogen (secondary N) is 1. The molecule has 0 aliphatic rings. The topological polar surface area (TPSA) is 93.4 Å². The zero-order valence-corrected chi connectivity index (χ0v) is 21.7. The van der Waals surface area contributed by atoms with Crippen LogP contribution in [0.1, 0.15) is 5.69 Å². The zero-order chi connectivity index (χ0) is 26.0. The second-order valence-corrected chi connectivity index (χ2v) is 10.5. The van der Waals surface area contributed by atoms with Crippen molar-refractivity contribution in [2.24, 2.45) is 7.05 Å². The van der Waals surface area contributed by atoms with E-state index in [1.165, 1.54) is 35.0 Å². The van der Waals surface area contributed by atoms with E-state index in [2.05, 4.69) is 5.32 Å². The van der Waals surface area contributed by atoms with Crippen LogP contribution in [0.25, 0.3) is 5.69 Å². The van der Waals surface area contributed by atoms with Crippen LogP contribution in [-0.4, -0.2) is 30.2 Å². The molecular weight excluding hydrogens is 523 g/mol. The normalized spacial score (nSPS) is 11.3. The highest BCUT2D eigenvalue weighted by molar-refractivity contribution is 7.92. The van der Waals surface area contributed by atoms with E-state index in [0.717, 1.165) is 4.31 Å². The van der Waals surface area contributed by atoms with Crippen LogP contribution in [0, 0.1) is 6.92 Å². The summed E-state index contributed by atoms with van der Waals surface area (Å²) in [7, 11) is -2.51. The molecule has 0 spiro atoms. The van der Waals surface area contributed by atoms with Crippen molar-refractivity contribution in [1.82, 2.24) is 9.36 Å². The van der Waals surface area contributed by atoms with Gasteiger partial charge in [0.15, 0.2) is 0 Å². The van der Waals surface area contributed by atoms with Gasteiger partial charge in [0, 0.05) is 7.05 Å². The van der Waals surface area contributed by atoms with Crippen molar-refractivity contribution >= 4 is 50.5 Å². The molecular formula is C25H22Cl2N4O4S. The first-order valence-electron chi connectivity index (χ1n) is 10.8. The Morgan fingerprint density at radius 2 is 1.56 bits per heavy atom. The first-order chi connectivity index (χ1) is 17.1. The fraction of sp³-hybridized carbons (Fsp3) is 0.120. The van der Waals surface area contributed by atoms with Gasteiger partial charge in [0.1, 0.15) is 12.2 Å². The molecule has 0 unspecified atom stereocenters. The highest BCUT2D eigenvalue weighted by atomic mass is 35.5. The van der Waals surface area contributed by atoms with Gasteiger partial charge in [-0.3, -0.25) is 18.6 Å². The number of carbonyl (C=O) groups is 1. The Bertz CT molecular complexity index is 1580. The Morgan fingerprint density at radius 3 is 2.19 bits per heavy atom. The SMILES string of the molecule is Cc1c(NC(=O)CN(c2cccc(Cl)c2Cl)S(=O)(=O)c2ccccc2)c(=O)n(-c2ccccc2)n1C.